The van der Waals surface area contributed by atoms with Gasteiger partial charge in [0.15, 0.2) is 0 Å². The zero-order valence-electron chi connectivity index (χ0n) is 20.0. The molecule has 0 aromatic carbocycles. The molecule has 33 heavy (non-hydrogen) atoms. The van der Waals surface area contributed by atoms with Crippen molar-refractivity contribution in [2.45, 2.75) is 77.0 Å². The fourth-order valence-electron chi connectivity index (χ4n) is 4.88. The molecule has 0 bridgehead atoms. The number of hydrogen-bond donors (Lipinski definition) is 1. The number of carboxylic acid groups (broad SMARTS) is 1. The number of amides is 1. The lowest BCUT2D eigenvalue weighted by molar-refractivity contribution is 0.0506. The van der Waals surface area contributed by atoms with Gasteiger partial charge >= 0.3 is 11.8 Å². The topological polar surface area (TPSA) is 101 Å². The monoisotopic (exact) mass is 463 g/mol. The average Bonchev–Trinajstić information content (AvgIpc) is 2.70. The van der Waals surface area contributed by atoms with Crippen molar-refractivity contribution in [1.29, 1.82) is 0 Å². The largest absolute Gasteiger partial charge is 0.465 e. The van der Waals surface area contributed by atoms with E-state index in [-0.39, 0.29) is 23.1 Å². The van der Waals surface area contributed by atoms with Gasteiger partial charge in [0.05, 0.1) is 11.6 Å². The molecule has 1 amide bonds. The molecule has 10 heteroatoms. The zero-order chi connectivity index (χ0) is 24.5. The van der Waals surface area contributed by atoms with E-state index in [9.17, 15) is 23.9 Å². The summed E-state index contributed by atoms with van der Waals surface area (Å²) in [6.45, 7) is 6.68. The lowest BCUT2D eigenvalue weighted by atomic mass is 9.88. The molecule has 2 aromatic heterocycles. The van der Waals surface area contributed by atoms with E-state index < -0.39 is 28.7 Å². The highest BCUT2D eigenvalue weighted by Gasteiger charge is 2.36. The molecule has 0 saturated heterocycles. The molecule has 1 aliphatic carbocycles. The summed E-state index contributed by atoms with van der Waals surface area (Å²) in [5, 5.41) is 9.79. The summed E-state index contributed by atoms with van der Waals surface area (Å²) in [4.78, 5) is 46.0. The third kappa shape index (κ3) is 5.26. The molecular weight excluding hydrogens is 429 g/mol. The molecule has 1 fully saturated rings. The number of aromatic nitrogens is 3. The molecule has 0 aliphatic heterocycles. The van der Waals surface area contributed by atoms with E-state index in [0.717, 1.165) is 18.8 Å². The highest BCUT2D eigenvalue weighted by atomic mass is 19.1. The normalized spacial score (nSPS) is 19.2. The molecular formula is C23H34FN5O4. The second kappa shape index (κ2) is 9.62. The molecule has 1 aliphatic rings. The predicted molar refractivity (Wildman–Crippen MR) is 124 cm³/mol. The predicted octanol–water partition coefficient (Wildman–Crippen LogP) is 2.91. The van der Waals surface area contributed by atoms with Crippen LogP contribution in [0.25, 0.3) is 11.0 Å². The van der Waals surface area contributed by atoms with Gasteiger partial charge in [-0.3, -0.25) is 13.9 Å². The van der Waals surface area contributed by atoms with Gasteiger partial charge in [0, 0.05) is 24.2 Å². The highest BCUT2D eigenvalue weighted by molar-refractivity contribution is 5.73. The van der Waals surface area contributed by atoms with Crippen molar-refractivity contribution >= 4 is 17.1 Å². The van der Waals surface area contributed by atoms with Gasteiger partial charge in [-0.15, -0.1) is 0 Å². The number of pyridine rings is 1. The molecule has 1 N–H and O–H groups in total. The zero-order valence-corrected chi connectivity index (χ0v) is 20.0. The number of fused-ring (bicyclic) bond motifs is 1. The summed E-state index contributed by atoms with van der Waals surface area (Å²) < 4.78 is 16.6. The van der Waals surface area contributed by atoms with Crippen LogP contribution in [0, 0.1) is 5.82 Å². The standard InChI is InChI=1S/C23H34FN5O4/c1-23(2,3)29(22(32)33)17-9-7-16(8-10-17)28-20(30)18-13-15(24)14-25-19(18)27(21(28)31)12-6-11-26(4)5/h13-14,16-17H,6-12H2,1-5H3,(H,32,33)/t16-,17+. The van der Waals surface area contributed by atoms with Crippen LogP contribution < -0.4 is 11.2 Å². The van der Waals surface area contributed by atoms with Crippen LogP contribution in [0.2, 0.25) is 0 Å². The van der Waals surface area contributed by atoms with Crippen molar-refractivity contribution in [2.24, 2.45) is 0 Å². The third-order valence-corrected chi connectivity index (χ3v) is 6.29. The van der Waals surface area contributed by atoms with E-state index in [2.05, 4.69) is 4.98 Å². The lowest BCUT2D eigenvalue weighted by Crippen LogP contribution is -2.53. The fraction of sp³-hybridized carbons (Fsp3) is 0.652. The molecule has 0 radical (unpaired) electrons. The van der Waals surface area contributed by atoms with E-state index in [1.807, 2.05) is 39.8 Å². The third-order valence-electron chi connectivity index (χ3n) is 6.29. The van der Waals surface area contributed by atoms with E-state index in [4.69, 9.17) is 0 Å². The smallest absolute Gasteiger partial charge is 0.407 e. The van der Waals surface area contributed by atoms with Crippen molar-refractivity contribution in [3.63, 3.8) is 0 Å². The Bertz CT molecular complexity index is 1130. The van der Waals surface area contributed by atoms with Crippen LogP contribution >= 0.6 is 0 Å². The molecule has 3 rings (SSSR count). The minimum atomic E-state index is -0.974. The van der Waals surface area contributed by atoms with Gasteiger partial charge in [-0.1, -0.05) is 0 Å². The summed E-state index contributed by atoms with van der Waals surface area (Å²) in [7, 11) is 3.87. The molecule has 2 heterocycles. The van der Waals surface area contributed by atoms with Crippen LogP contribution in [-0.2, 0) is 6.54 Å². The van der Waals surface area contributed by atoms with E-state index in [1.54, 1.807) is 0 Å². The minimum absolute atomic E-state index is 0.0865. The Labute approximate surface area is 192 Å². The van der Waals surface area contributed by atoms with E-state index in [1.165, 1.54) is 14.0 Å². The SMILES string of the molecule is CN(C)CCCn1c(=O)n([C@H]2CC[C@@H](N(C(=O)O)C(C)(C)C)CC2)c(=O)c2cc(F)cnc21. The molecule has 9 nitrogen and oxygen atoms in total. The Morgan fingerprint density at radius 1 is 1.21 bits per heavy atom. The summed E-state index contributed by atoms with van der Waals surface area (Å²) >= 11 is 0. The van der Waals surface area contributed by atoms with Gasteiger partial charge in [0.2, 0.25) is 0 Å². The van der Waals surface area contributed by atoms with E-state index in [0.29, 0.717) is 38.6 Å². The maximum Gasteiger partial charge on any atom is 0.407 e. The molecule has 0 atom stereocenters. The molecule has 2 aromatic rings. The average molecular weight is 464 g/mol. The van der Waals surface area contributed by atoms with Gasteiger partial charge < -0.3 is 14.9 Å². The second-order valence-corrected chi connectivity index (χ2v) is 10.1. The number of hydrogen-bond acceptors (Lipinski definition) is 5. The molecule has 0 spiro atoms. The first-order chi connectivity index (χ1) is 15.4. The maximum absolute atomic E-state index is 13.9. The Hall–Kier alpha value is -2.75. The number of nitrogens with zero attached hydrogens (tertiary/aromatic N) is 5. The van der Waals surface area contributed by atoms with Gasteiger partial charge in [0.25, 0.3) is 5.56 Å². The Kier molecular flexibility index (Phi) is 7.26. The van der Waals surface area contributed by atoms with Gasteiger partial charge in [-0.25, -0.2) is 19.0 Å². The summed E-state index contributed by atoms with van der Waals surface area (Å²) in [5.41, 5.74) is -1.34. The fourth-order valence-corrected chi connectivity index (χ4v) is 4.88. The lowest BCUT2D eigenvalue weighted by Gasteiger charge is -2.42. The maximum atomic E-state index is 13.9. The quantitative estimate of drug-likeness (QED) is 0.707. The Balaban J connectivity index is 1.97. The number of halogens is 1. The number of aryl methyl sites for hydroxylation is 1. The van der Waals surface area contributed by atoms with Crippen molar-refractivity contribution in [3.8, 4) is 0 Å². The van der Waals surface area contributed by atoms with Crippen LogP contribution in [0.5, 0.6) is 0 Å². The summed E-state index contributed by atoms with van der Waals surface area (Å²) in [5.74, 6) is -0.629. The molecule has 182 valence electrons. The summed E-state index contributed by atoms with van der Waals surface area (Å²) in [6.07, 6.45) is 2.79. The van der Waals surface area contributed by atoms with E-state index >= 15 is 0 Å². The van der Waals surface area contributed by atoms with Gasteiger partial charge in [-0.2, -0.15) is 0 Å². The molecule has 1 saturated carbocycles. The van der Waals surface area contributed by atoms with Crippen molar-refractivity contribution in [1.82, 2.24) is 23.9 Å². The minimum Gasteiger partial charge on any atom is -0.465 e. The first-order valence-corrected chi connectivity index (χ1v) is 11.4. The Morgan fingerprint density at radius 2 is 1.85 bits per heavy atom. The van der Waals surface area contributed by atoms with Crippen molar-refractivity contribution in [2.75, 3.05) is 20.6 Å². The van der Waals surface area contributed by atoms with Crippen LogP contribution in [0.1, 0.15) is 58.9 Å². The molecule has 0 unspecified atom stereocenters. The van der Waals surface area contributed by atoms with Crippen LogP contribution in [0.15, 0.2) is 21.9 Å². The number of carbonyl (C=O) groups is 1. The summed E-state index contributed by atoms with van der Waals surface area (Å²) in [6, 6.07) is 0.585. The van der Waals surface area contributed by atoms with Gasteiger partial charge in [-0.05, 0) is 79.6 Å². The van der Waals surface area contributed by atoms with Gasteiger partial charge in [0.1, 0.15) is 11.5 Å². The second-order valence-electron chi connectivity index (χ2n) is 10.1. The van der Waals surface area contributed by atoms with Crippen LogP contribution in [0.3, 0.4) is 0 Å². The van der Waals surface area contributed by atoms with Crippen LogP contribution in [-0.4, -0.2) is 67.3 Å². The highest BCUT2D eigenvalue weighted by Crippen LogP contribution is 2.33. The first-order valence-electron chi connectivity index (χ1n) is 11.4. The van der Waals surface area contributed by atoms with Crippen LogP contribution in [0.4, 0.5) is 9.18 Å². The Morgan fingerprint density at radius 3 is 2.39 bits per heavy atom. The number of rotatable bonds is 6. The van der Waals surface area contributed by atoms with Crippen molar-refractivity contribution < 1.29 is 14.3 Å². The first kappa shape index (κ1) is 24.9. The van der Waals surface area contributed by atoms with Crippen molar-refractivity contribution in [3.05, 3.63) is 38.9 Å².